The van der Waals surface area contributed by atoms with Gasteiger partial charge in [-0.25, -0.2) is 0 Å². The topological polar surface area (TPSA) is 56.7 Å². The molecule has 1 aromatic heterocycles. The molecule has 0 aliphatic rings. The van der Waals surface area contributed by atoms with E-state index in [2.05, 4.69) is 24.0 Å². The summed E-state index contributed by atoms with van der Waals surface area (Å²) in [6.45, 7) is 4.83. The van der Waals surface area contributed by atoms with Crippen molar-refractivity contribution >= 4 is 0 Å². The zero-order valence-electron chi connectivity index (χ0n) is 6.99. The monoisotopic (exact) mass is 154 g/mol. The number of nitrogens with zero attached hydrogens (tertiary/aromatic N) is 3. The Labute approximate surface area is 66.4 Å². The molecule has 1 heterocycles. The van der Waals surface area contributed by atoms with E-state index in [0.717, 1.165) is 12.2 Å². The lowest BCUT2D eigenvalue weighted by Gasteiger charge is -2.08. The van der Waals surface area contributed by atoms with Crippen molar-refractivity contribution in [2.75, 3.05) is 6.54 Å². The normalized spacial score (nSPS) is 10.9. The van der Waals surface area contributed by atoms with E-state index in [0.29, 0.717) is 12.6 Å². The maximum absolute atomic E-state index is 5.41. The number of rotatable bonds is 3. The average Bonchev–Trinajstić information content (AvgIpc) is 2.36. The third kappa shape index (κ3) is 1.77. The van der Waals surface area contributed by atoms with Crippen LogP contribution < -0.4 is 5.73 Å². The number of hydrogen-bond donors (Lipinski definition) is 1. The minimum absolute atomic E-state index is 0.423. The van der Waals surface area contributed by atoms with E-state index in [1.807, 2.05) is 4.57 Å². The standard InChI is InChI=1S/C7H14N4/c1-6(2)11-5-9-10-7(11)3-4-8/h5-6H,3-4,8H2,1-2H3. The zero-order chi connectivity index (χ0) is 8.27. The van der Waals surface area contributed by atoms with Crippen molar-refractivity contribution in [2.45, 2.75) is 26.3 Å². The molecule has 0 atom stereocenters. The van der Waals surface area contributed by atoms with Crippen LogP contribution in [-0.4, -0.2) is 21.3 Å². The van der Waals surface area contributed by atoms with Crippen LogP contribution in [0.3, 0.4) is 0 Å². The van der Waals surface area contributed by atoms with E-state index < -0.39 is 0 Å². The molecule has 1 rings (SSSR count). The number of aromatic nitrogens is 3. The lowest BCUT2D eigenvalue weighted by Crippen LogP contribution is -2.10. The van der Waals surface area contributed by atoms with Gasteiger partial charge in [-0.1, -0.05) is 0 Å². The Morgan fingerprint density at radius 2 is 2.36 bits per heavy atom. The molecule has 0 spiro atoms. The fourth-order valence-electron chi connectivity index (χ4n) is 1.01. The van der Waals surface area contributed by atoms with E-state index in [4.69, 9.17) is 5.73 Å². The van der Waals surface area contributed by atoms with Gasteiger partial charge in [0.15, 0.2) is 0 Å². The predicted octanol–water partition coefficient (Wildman–Crippen LogP) is 0.360. The van der Waals surface area contributed by atoms with Crippen LogP contribution in [0.2, 0.25) is 0 Å². The van der Waals surface area contributed by atoms with Crippen LogP contribution in [0.1, 0.15) is 25.7 Å². The van der Waals surface area contributed by atoms with Crippen LogP contribution in [0.4, 0.5) is 0 Å². The van der Waals surface area contributed by atoms with Crippen molar-refractivity contribution in [2.24, 2.45) is 5.73 Å². The summed E-state index contributed by atoms with van der Waals surface area (Å²) in [5.41, 5.74) is 5.41. The molecule has 0 fully saturated rings. The SMILES string of the molecule is CC(C)n1cnnc1CCN. The molecule has 2 N–H and O–H groups in total. The Balaban J connectivity index is 2.78. The number of nitrogens with two attached hydrogens (primary N) is 1. The van der Waals surface area contributed by atoms with Gasteiger partial charge in [-0.3, -0.25) is 0 Å². The highest BCUT2D eigenvalue weighted by Gasteiger charge is 2.04. The molecule has 1 aromatic rings. The molecule has 0 aliphatic heterocycles. The van der Waals surface area contributed by atoms with Crippen LogP contribution in [0.15, 0.2) is 6.33 Å². The molecule has 0 radical (unpaired) electrons. The summed E-state index contributed by atoms with van der Waals surface area (Å²) >= 11 is 0. The second kappa shape index (κ2) is 3.48. The molecule has 0 aromatic carbocycles. The van der Waals surface area contributed by atoms with Crippen molar-refractivity contribution in [3.05, 3.63) is 12.2 Å². The first-order valence-corrected chi connectivity index (χ1v) is 3.84. The third-order valence-corrected chi connectivity index (χ3v) is 1.57. The third-order valence-electron chi connectivity index (χ3n) is 1.57. The Hall–Kier alpha value is -0.900. The Kier molecular flexibility index (Phi) is 2.59. The Morgan fingerprint density at radius 3 is 2.91 bits per heavy atom. The summed E-state index contributed by atoms with van der Waals surface area (Å²) in [6, 6.07) is 0.423. The quantitative estimate of drug-likeness (QED) is 0.684. The maximum Gasteiger partial charge on any atom is 0.134 e. The van der Waals surface area contributed by atoms with E-state index >= 15 is 0 Å². The molecular formula is C7H14N4. The molecule has 0 bridgehead atoms. The van der Waals surface area contributed by atoms with Crippen LogP contribution in [0.5, 0.6) is 0 Å². The maximum atomic E-state index is 5.41. The van der Waals surface area contributed by atoms with Gasteiger partial charge >= 0.3 is 0 Å². The summed E-state index contributed by atoms with van der Waals surface area (Å²) in [6.07, 6.45) is 2.55. The summed E-state index contributed by atoms with van der Waals surface area (Å²) in [4.78, 5) is 0. The molecule has 0 saturated heterocycles. The van der Waals surface area contributed by atoms with Crippen LogP contribution in [0, 0.1) is 0 Å². The van der Waals surface area contributed by atoms with Gasteiger partial charge in [0.1, 0.15) is 12.2 Å². The Bertz CT molecular complexity index is 216. The van der Waals surface area contributed by atoms with E-state index in [-0.39, 0.29) is 0 Å². The van der Waals surface area contributed by atoms with Crippen molar-refractivity contribution < 1.29 is 0 Å². The van der Waals surface area contributed by atoms with E-state index in [9.17, 15) is 0 Å². The largest absolute Gasteiger partial charge is 0.330 e. The molecule has 0 unspecified atom stereocenters. The van der Waals surface area contributed by atoms with Gasteiger partial charge < -0.3 is 10.3 Å². The van der Waals surface area contributed by atoms with Gasteiger partial charge in [0, 0.05) is 12.5 Å². The van der Waals surface area contributed by atoms with Gasteiger partial charge in [0.2, 0.25) is 0 Å². The van der Waals surface area contributed by atoms with Gasteiger partial charge in [0.05, 0.1) is 0 Å². The molecule has 0 aliphatic carbocycles. The molecule has 11 heavy (non-hydrogen) atoms. The first kappa shape index (κ1) is 8.20. The molecule has 0 amide bonds. The van der Waals surface area contributed by atoms with Gasteiger partial charge in [-0.15, -0.1) is 10.2 Å². The van der Waals surface area contributed by atoms with Crippen molar-refractivity contribution in [1.82, 2.24) is 14.8 Å². The van der Waals surface area contributed by atoms with E-state index in [1.54, 1.807) is 6.33 Å². The highest BCUT2D eigenvalue weighted by molar-refractivity contribution is 4.88. The molecular weight excluding hydrogens is 140 g/mol. The minimum Gasteiger partial charge on any atom is -0.330 e. The predicted molar refractivity (Wildman–Crippen MR) is 43.2 cm³/mol. The first-order valence-electron chi connectivity index (χ1n) is 3.84. The second-order valence-electron chi connectivity index (χ2n) is 2.79. The molecule has 0 saturated carbocycles. The average molecular weight is 154 g/mol. The van der Waals surface area contributed by atoms with Gasteiger partial charge in [-0.05, 0) is 20.4 Å². The molecule has 4 nitrogen and oxygen atoms in total. The van der Waals surface area contributed by atoms with Crippen molar-refractivity contribution in [1.29, 1.82) is 0 Å². The zero-order valence-corrected chi connectivity index (χ0v) is 6.99. The summed E-state index contributed by atoms with van der Waals surface area (Å²) in [5.74, 6) is 0.975. The van der Waals surface area contributed by atoms with Gasteiger partial charge in [-0.2, -0.15) is 0 Å². The minimum atomic E-state index is 0.423. The summed E-state index contributed by atoms with van der Waals surface area (Å²) < 4.78 is 2.03. The fourth-order valence-corrected chi connectivity index (χ4v) is 1.01. The van der Waals surface area contributed by atoms with Crippen LogP contribution in [0.25, 0.3) is 0 Å². The highest BCUT2D eigenvalue weighted by Crippen LogP contribution is 2.05. The second-order valence-corrected chi connectivity index (χ2v) is 2.79. The van der Waals surface area contributed by atoms with E-state index in [1.165, 1.54) is 0 Å². The smallest absolute Gasteiger partial charge is 0.134 e. The van der Waals surface area contributed by atoms with Crippen molar-refractivity contribution in [3.8, 4) is 0 Å². The fraction of sp³-hybridized carbons (Fsp3) is 0.714. The lowest BCUT2D eigenvalue weighted by atomic mass is 10.3. The number of hydrogen-bond acceptors (Lipinski definition) is 3. The highest BCUT2D eigenvalue weighted by atomic mass is 15.3. The molecule has 4 heteroatoms. The summed E-state index contributed by atoms with van der Waals surface area (Å²) in [5, 5.41) is 7.78. The Morgan fingerprint density at radius 1 is 1.64 bits per heavy atom. The van der Waals surface area contributed by atoms with Crippen LogP contribution >= 0.6 is 0 Å². The summed E-state index contributed by atoms with van der Waals surface area (Å²) in [7, 11) is 0. The van der Waals surface area contributed by atoms with Crippen LogP contribution in [-0.2, 0) is 6.42 Å². The van der Waals surface area contributed by atoms with Crippen molar-refractivity contribution in [3.63, 3.8) is 0 Å². The molecule has 62 valence electrons. The van der Waals surface area contributed by atoms with Gasteiger partial charge in [0.25, 0.3) is 0 Å². The first-order chi connectivity index (χ1) is 5.25. The lowest BCUT2D eigenvalue weighted by molar-refractivity contribution is 0.567.